The van der Waals surface area contributed by atoms with Gasteiger partial charge in [-0.25, -0.2) is 0 Å². The first kappa shape index (κ1) is 16.4. The number of nitrogens with two attached hydrogens (primary N) is 1. The second-order valence-corrected chi connectivity index (χ2v) is 5.78. The first-order valence-corrected chi connectivity index (χ1v) is 7.57. The summed E-state index contributed by atoms with van der Waals surface area (Å²) in [7, 11) is 0. The Labute approximate surface area is 134 Å². The quantitative estimate of drug-likeness (QED) is 0.857. The molecule has 21 heavy (non-hydrogen) atoms. The third kappa shape index (κ3) is 3.61. The van der Waals surface area contributed by atoms with Gasteiger partial charge in [-0.3, -0.25) is 15.4 Å². The van der Waals surface area contributed by atoms with Crippen LogP contribution in [0.2, 0.25) is 10.0 Å². The molecule has 1 heterocycles. The Bertz CT molecular complexity index is 516. The van der Waals surface area contributed by atoms with E-state index in [1.165, 1.54) is 0 Å². The molecule has 1 saturated heterocycles. The highest BCUT2D eigenvalue weighted by Crippen LogP contribution is 2.35. The van der Waals surface area contributed by atoms with Gasteiger partial charge in [0.15, 0.2) is 0 Å². The van der Waals surface area contributed by atoms with Crippen molar-refractivity contribution in [1.82, 2.24) is 4.90 Å². The fraction of sp³-hybridized carbons (Fsp3) is 0.500. The van der Waals surface area contributed by atoms with Crippen LogP contribution in [0.25, 0.3) is 0 Å². The van der Waals surface area contributed by atoms with Crippen LogP contribution in [0, 0.1) is 6.92 Å². The van der Waals surface area contributed by atoms with E-state index in [4.69, 9.17) is 33.7 Å². The molecule has 0 bridgehead atoms. The summed E-state index contributed by atoms with van der Waals surface area (Å²) in [5, 5.41) is 1.16. The van der Waals surface area contributed by atoms with Crippen molar-refractivity contribution in [1.29, 1.82) is 0 Å². The van der Waals surface area contributed by atoms with E-state index >= 15 is 0 Å². The highest BCUT2D eigenvalue weighted by atomic mass is 35.5. The third-order valence-electron chi connectivity index (χ3n) is 3.47. The molecule has 0 aliphatic carbocycles. The van der Waals surface area contributed by atoms with Crippen LogP contribution in [-0.4, -0.2) is 43.4 Å². The normalized spacial score (nSPS) is 19.1. The van der Waals surface area contributed by atoms with E-state index in [0.29, 0.717) is 29.7 Å². The Kier molecular flexibility index (Phi) is 5.32. The molecule has 5 nitrogen and oxygen atoms in total. The minimum Gasteiger partial charge on any atom is -0.465 e. The molecule has 0 radical (unpaired) electrons. The third-order valence-corrected chi connectivity index (χ3v) is 3.97. The van der Waals surface area contributed by atoms with Crippen LogP contribution in [0.15, 0.2) is 12.1 Å². The number of rotatable bonds is 4. The molecule has 7 heteroatoms. The predicted molar refractivity (Wildman–Crippen MR) is 84.7 cm³/mol. The van der Waals surface area contributed by atoms with Gasteiger partial charge in [0.05, 0.1) is 23.9 Å². The van der Waals surface area contributed by atoms with Crippen LogP contribution < -0.4 is 10.6 Å². The molecule has 1 aromatic carbocycles. The van der Waals surface area contributed by atoms with Crippen LogP contribution in [-0.2, 0) is 9.53 Å². The smallest absolute Gasteiger partial charge is 0.320 e. The lowest BCUT2D eigenvalue weighted by molar-refractivity contribution is -0.144. The van der Waals surface area contributed by atoms with E-state index in [0.717, 1.165) is 11.3 Å². The number of benzene rings is 1. The van der Waals surface area contributed by atoms with E-state index in [1.807, 2.05) is 22.8 Å². The largest absolute Gasteiger partial charge is 0.465 e. The van der Waals surface area contributed by atoms with E-state index < -0.39 is 6.29 Å². The van der Waals surface area contributed by atoms with Gasteiger partial charge in [0.25, 0.3) is 0 Å². The van der Waals surface area contributed by atoms with Crippen molar-refractivity contribution in [2.45, 2.75) is 20.1 Å². The molecule has 1 fully saturated rings. The molecule has 2 N–H and O–H groups in total. The van der Waals surface area contributed by atoms with Crippen molar-refractivity contribution in [2.75, 3.05) is 31.1 Å². The zero-order valence-electron chi connectivity index (χ0n) is 12.1. The number of hydrogen-bond acceptors (Lipinski definition) is 5. The fourth-order valence-corrected chi connectivity index (χ4v) is 3.25. The van der Waals surface area contributed by atoms with Crippen molar-refractivity contribution >= 4 is 34.9 Å². The number of esters is 1. The Balaban J connectivity index is 2.15. The van der Waals surface area contributed by atoms with Crippen molar-refractivity contribution in [3.05, 3.63) is 27.7 Å². The van der Waals surface area contributed by atoms with Crippen molar-refractivity contribution in [3.63, 3.8) is 0 Å². The van der Waals surface area contributed by atoms with Gasteiger partial charge < -0.3 is 9.64 Å². The topological polar surface area (TPSA) is 58.8 Å². The van der Waals surface area contributed by atoms with Crippen LogP contribution in [0.1, 0.15) is 12.5 Å². The average molecular weight is 332 g/mol. The van der Waals surface area contributed by atoms with Crippen molar-refractivity contribution < 1.29 is 9.53 Å². The zero-order chi connectivity index (χ0) is 15.6. The minimum absolute atomic E-state index is 0.176. The Morgan fingerprint density at radius 2 is 2.14 bits per heavy atom. The molecule has 1 aromatic rings. The number of halogens is 2. The lowest BCUT2D eigenvalue weighted by Crippen LogP contribution is -2.48. The van der Waals surface area contributed by atoms with Crippen LogP contribution in [0.3, 0.4) is 0 Å². The summed E-state index contributed by atoms with van der Waals surface area (Å²) in [4.78, 5) is 15.4. The number of carbonyl (C=O) groups is 1. The molecule has 1 aliphatic heterocycles. The predicted octanol–water partition coefficient (Wildman–Crippen LogP) is 2.23. The Morgan fingerprint density at radius 1 is 1.43 bits per heavy atom. The van der Waals surface area contributed by atoms with Gasteiger partial charge in [-0.15, -0.1) is 0 Å². The highest BCUT2D eigenvalue weighted by Gasteiger charge is 2.32. The standard InChI is InChI=1S/C14H19Cl2N3O2/c1-3-21-12(20)8-18-4-5-19(14(18)17)13-9(2)6-10(15)7-11(13)16/h6-7,14H,3-5,8,17H2,1-2H3. The average Bonchev–Trinajstić information content (AvgIpc) is 2.71. The molecule has 116 valence electrons. The molecule has 1 atom stereocenters. The number of nitrogens with zero attached hydrogens (tertiary/aromatic N) is 2. The molecule has 1 unspecified atom stereocenters. The molecule has 0 amide bonds. The lowest BCUT2D eigenvalue weighted by Gasteiger charge is -2.29. The summed E-state index contributed by atoms with van der Waals surface area (Å²) in [6.07, 6.45) is -0.410. The molecule has 1 aliphatic rings. The number of carbonyl (C=O) groups excluding carboxylic acids is 1. The molecule has 0 saturated carbocycles. The van der Waals surface area contributed by atoms with Crippen LogP contribution in [0.4, 0.5) is 5.69 Å². The Hall–Kier alpha value is -1.01. The van der Waals surface area contributed by atoms with Gasteiger partial charge in [-0.2, -0.15) is 0 Å². The molecule has 0 spiro atoms. The molecular formula is C14H19Cl2N3O2. The number of hydrogen-bond donors (Lipinski definition) is 1. The monoisotopic (exact) mass is 331 g/mol. The van der Waals surface area contributed by atoms with E-state index in [-0.39, 0.29) is 12.5 Å². The second-order valence-electron chi connectivity index (χ2n) is 4.94. The summed E-state index contributed by atoms with van der Waals surface area (Å²) < 4.78 is 4.96. The summed E-state index contributed by atoms with van der Waals surface area (Å²) >= 11 is 12.3. The lowest BCUT2D eigenvalue weighted by atomic mass is 10.2. The second kappa shape index (κ2) is 6.83. The fourth-order valence-electron chi connectivity index (χ4n) is 2.55. The SMILES string of the molecule is CCOC(=O)CN1CCN(c2c(C)cc(Cl)cc2Cl)C1N. The number of aryl methyl sites for hydroxylation is 1. The van der Waals surface area contributed by atoms with Gasteiger partial charge in [0.1, 0.15) is 6.29 Å². The van der Waals surface area contributed by atoms with Gasteiger partial charge in [-0.05, 0) is 31.5 Å². The molecule has 2 rings (SSSR count). The van der Waals surface area contributed by atoms with Gasteiger partial charge in [0, 0.05) is 18.1 Å². The van der Waals surface area contributed by atoms with Gasteiger partial charge in [-0.1, -0.05) is 23.2 Å². The summed E-state index contributed by atoms with van der Waals surface area (Å²) in [6.45, 7) is 5.64. The van der Waals surface area contributed by atoms with Crippen LogP contribution >= 0.6 is 23.2 Å². The van der Waals surface area contributed by atoms with Crippen molar-refractivity contribution in [2.24, 2.45) is 5.73 Å². The minimum atomic E-state index is -0.410. The Morgan fingerprint density at radius 3 is 2.76 bits per heavy atom. The first-order chi connectivity index (χ1) is 9.93. The maximum atomic E-state index is 11.6. The first-order valence-electron chi connectivity index (χ1n) is 6.81. The van der Waals surface area contributed by atoms with Crippen molar-refractivity contribution in [3.8, 4) is 0 Å². The molecule has 0 aromatic heterocycles. The zero-order valence-corrected chi connectivity index (χ0v) is 13.6. The summed E-state index contributed by atoms with van der Waals surface area (Å²) in [5.41, 5.74) is 8.05. The summed E-state index contributed by atoms with van der Waals surface area (Å²) in [6, 6.07) is 3.55. The van der Waals surface area contributed by atoms with E-state index in [2.05, 4.69) is 0 Å². The summed E-state index contributed by atoms with van der Waals surface area (Å²) in [5.74, 6) is -0.270. The van der Waals surface area contributed by atoms with E-state index in [9.17, 15) is 4.79 Å². The van der Waals surface area contributed by atoms with Gasteiger partial charge in [0.2, 0.25) is 0 Å². The number of anilines is 1. The van der Waals surface area contributed by atoms with Gasteiger partial charge >= 0.3 is 5.97 Å². The van der Waals surface area contributed by atoms with Crippen LogP contribution in [0.5, 0.6) is 0 Å². The highest BCUT2D eigenvalue weighted by molar-refractivity contribution is 6.36. The molecular weight excluding hydrogens is 313 g/mol. The number of ether oxygens (including phenoxy) is 1. The maximum Gasteiger partial charge on any atom is 0.320 e. The van der Waals surface area contributed by atoms with E-state index in [1.54, 1.807) is 13.0 Å². The maximum absolute atomic E-state index is 11.6.